The summed E-state index contributed by atoms with van der Waals surface area (Å²) in [5.41, 5.74) is 4.92. The first-order valence-corrected chi connectivity index (χ1v) is 8.33. The molecule has 1 unspecified atom stereocenters. The van der Waals surface area contributed by atoms with E-state index >= 15 is 0 Å². The van der Waals surface area contributed by atoms with Gasteiger partial charge in [0.05, 0.1) is 11.1 Å². The van der Waals surface area contributed by atoms with Gasteiger partial charge in [-0.05, 0) is 24.3 Å². The summed E-state index contributed by atoms with van der Waals surface area (Å²) in [6.07, 6.45) is -8.26. The van der Waals surface area contributed by atoms with Crippen LogP contribution in [0.1, 0.15) is 21.6 Å². The molecule has 0 bridgehead atoms. The fourth-order valence-electron chi connectivity index (χ4n) is 2.92. The van der Waals surface area contributed by atoms with Crippen LogP contribution in [0.4, 0.5) is 38.0 Å². The van der Waals surface area contributed by atoms with Gasteiger partial charge in [-0.15, -0.1) is 0 Å². The lowest BCUT2D eigenvalue weighted by atomic mass is 10.0. The number of aromatic nitrogens is 2. The van der Waals surface area contributed by atoms with Gasteiger partial charge in [-0.2, -0.15) is 26.3 Å². The minimum Gasteiger partial charge on any atom is -0.353 e. The molecule has 3 heterocycles. The van der Waals surface area contributed by atoms with Crippen molar-refractivity contribution in [2.75, 3.05) is 24.5 Å². The van der Waals surface area contributed by atoms with Crippen molar-refractivity contribution in [1.82, 2.24) is 21.0 Å². The lowest BCUT2D eigenvalue weighted by Crippen LogP contribution is -2.57. The monoisotopic (exact) mass is 418 g/mol. The second-order valence-electron chi connectivity index (χ2n) is 6.29. The largest absolute Gasteiger partial charge is 0.418 e. The molecule has 0 amide bonds. The summed E-state index contributed by atoms with van der Waals surface area (Å²) in [4.78, 5) is 21.1. The summed E-state index contributed by atoms with van der Waals surface area (Å²) in [6.45, 7) is -0.559. The fraction of sp³-hybridized carbons (Fsp3) is 0.353. The van der Waals surface area contributed by atoms with E-state index in [0.29, 0.717) is 6.07 Å². The molecule has 0 spiro atoms. The molecule has 0 aromatic carbocycles. The number of hydrogen-bond acceptors (Lipinski definition) is 5. The van der Waals surface area contributed by atoms with E-state index in [9.17, 15) is 31.1 Å². The molecule has 29 heavy (non-hydrogen) atoms. The molecule has 1 aliphatic heterocycles. The summed E-state index contributed by atoms with van der Waals surface area (Å²) in [7, 11) is 0. The molecule has 155 valence electrons. The number of piperazine rings is 1. The van der Waals surface area contributed by atoms with Gasteiger partial charge in [0.1, 0.15) is 17.6 Å². The van der Waals surface area contributed by atoms with Crippen molar-refractivity contribution in [3.63, 3.8) is 0 Å². The molecule has 6 nitrogen and oxygen atoms in total. The van der Waals surface area contributed by atoms with Crippen LogP contribution in [0.2, 0.25) is 0 Å². The minimum atomic E-state index is -4.92. The summed E-state index contributed by atoms with van der Waals surface area (Å²) >= 11 is 0. The SMILES string of the molecule is [NH]c1ncccc1C(=O)c1nc(N2CCNC(C(F)(F)F)C2)ccc1C(F)(F)F. The minimum absolute atomic E-state index is 0.0599. The number of nitrogens with one attached hydrogen (secondary N) is 2. The summed E-state index contributed by atoms with van der Waals surface area (Å²) in [5, 5.41) is 2.29. The van der Waals surface area contributed by atoms with Crippen molar-refractivity contribution in [2.24, 2.45) is 0 Å². The Morgan fingerprint density at radius 1 is 1.17 bits per heavy atom. The Kier molecular flexibility index (Phi) is 5.39. The molecule has 1 atom stereocenters. The maximum Gasteiger partial charge on any atom is 0.418 e. The van der Waals surface area contributed by atoms with Gasteiger partial charge >= 0.3 is 12.4 Å². The predicted molar refractivity (Wildman–Crippen MR) is 89.7 cm³/mol. The molecule has 0 aliphatic carbocycles. The lowest BCUT2D eigenvalue weighted by molar-refractivity contribution is -0.155. The third-order valence-electron chi connectivity index (χ3n) is 4.35. The molecule has 1 aliphatic rings. The van der Waals surface area contributed by atoms with Gasteiger partial charge in [0.15, 0.2) is 5.82 Å². The van der Waals surface area contributed by atoms with E-state index in [1.165, 1.54) is 12.3 Å². The zero-order valence-corrected chi connectivity index (χ0v) is 14.6. The predicted octanol–water partition coefficient (Wildman–Crippen LogP) is 2.98. The van der Waals surface area contributed by atoms with E-state index in [2.05, 4.69) is 15.3 Å². The Morgan fingerprint density at radius 2 is 1.90 bits per heavy atom. The highest BCUT2D eigenvalue weighted by atomic mass is 19.4. The Balaban J connectivity index is 2.03. The Hall–Kier alpha value is -2.89. The zero-order chi connectivity index (χ0) is 21.4. The zero-order valence-electron chi connectivity index (χ0n) is 14.6. The molecular weight excluding hydrogens is 404 g/mol. The maximum atomic E-state index is 13.4. The standard InChI is InChI=1S/C17H14F6N5O/c18-16(19,20)10-3-4-12(28-7-6-25-11(8-28)17(21,22)23)27-13(10)14(29)9-2-1-5-26-15(9)24/h1-5,11,24-25H,6-8H2. The number of halogens is 6. The number of rotatable bonds is 3. The van der Waals surface area contributed by atoms with Crippen LogP contribution < -0.4 is 16.0 Å². The molecular formula is C17H14F6N5O. The van der Waals surface area contributed by atoms with Gasteiger partial charge in [-0.25, -0.2) is 9.97 Å². The molecule has 2 aromatic rings. The van der Waals surface area contributed by atoms with Crippen LogP contribution in [0.5, 0.6) is 0 Å². The van der Waals surface area contributed by atoms with Crippen molar-refractivity contribution >= 4 is 17.4 Å². The quantitative estimate of drug-likeness (QED) is 0.612. The third-order valence-corrected chi connectivity index (χ3v) is 4.35. The topological polar surface area (TPSA) is 81.9 Å². The van der Waals surface area contributed by atoms with E-state index in [1.54, 1.807) is 0 Å². The summed E-state index contributed by atoms with van der Waals surface area (Å²) < 4.78 is 79.1. The second kappa shape index (κ2) is 7.50. The van der Waals surface area contributed by atoms with Crippen LogP contribution in [0, 0.1) is 0 Å². The third kappa shape index (κ3) is 4.42. The highest BCUT2D eigenvalue weighted by molar-refractivity contribution is 6.11. The average molecular weight is 418 g/mol. The fourth-order valence-corrected chi connectivity index (χ4v) is 2.92. The van der Waals surface area contributed by atoms with E-state index < -0.39 is 53.4 Å². The number of carbonyl (C=O) groups is 1. The molecule has 12 heteroatoms. The molecule has 2 aromatic heterocycles. The van der Waals surface area contributed by atoms with Crippen LogP contribution >= 0.6 is 0 Å². The summed E-state index contributed by atoms with van der Waals surface area (Å²) in [5.74, 6) is -1.90. The van der Waals surface area contributed by atoms with Gasteiger partial charge in [-0.3, -0.25) is 10.5 Å². The molecule has 0 saturated carbocycles. The van der Waals surface area contributed by atoms with Crippen LogP contribution in [0.15, 0.2) is 30.5 Å². The first-order chi connectivity index (χ1) is 13.5. The first kappa shape index (κ1) is 20.8. The number of pyridine rings is 2. The van der Waals surface area contributed by atoms with Crippen LogP contribution in [0.25, 0.3) is 0 Å². The van der Waals surface area contributed by atoms with Gasteiger partial charge in [0.25, 0.3) is 0 Å². The van der Waals surface area contributed by atoms with Crippen molar-refractivity contribution in [3.8, 4) is 0 Å². The van der Waals surface area contributed by atoms with Crippen LogP contribution in [-0.4, -0.2) is 47.6 Å². The second-order valence-corrected chi connectivity index (χ2v) is 6.29. The highest BCUT2D eigenvalue weighted by Gasteiger charge is 2.43. The number of hydrogen-bond donors (Lipinski definition) is 1. The van der Waals surface area contributed by atoms with Crippen molar-refractivity contribution in [2.45, 2.75) is 18.4 Å². The molecule has 1 saturated heterocycles. The van der Waals surface area contributed by atoms with Crippen molar-refractivity contribution in [3.05, 3.63) is 47.3 Å². The van der Waals surface area contributed by atoms with Gasteiger partial charge < -0.3 is 10.2 Å². The van der Waals surface area contributed by atoms with Gasteiger partial charge in [0, 0.05) is 25.8 Å². The van der Waals surface area contributed by atoms with E-state index in [-0.39, 0.29) is 18.9 Å². The van der Waals surface area contributed by atoms with Crippen molar-refractivity contribution in [1.29, 1.82) is 0 Å². The smallest absolute Gasteiger partial charge is 0.353 e. The molecule has 2 N–H and O–H groups in total. The molecule has 3 rings (SSSR count). The normalized spacial score (nSPS) is 18.0. The van der Waals surface area contributed by atoms with Crippen LogP contribution in [0.3, 0.4) is 0 Å². The molecule has 1 fully saturated rings. The Labute approximate surface area is 160 Å². The number of carbonyl (C=O) groups excluding carboxylic acids is 1. The number of ketones is 1. The summed E-state index contributed by atoms with van der Waals surface area (Å²) in [6, 6.07) is 2.09. The maximum absolute atomic E-state index is 13.4. The Bertz CT molecular complexity index is 914. The van der Waals surface area contributed by atoms with Crippen LogP contribution in [-0.2, 0) is 6.18 Å². The number of nitrogens with zero attached hydrogens (tertiary/aromatic N) is 3. The molecule has 1 radical (unpaired) electrons. The number of alkyl halides is 6. The van der Waals surface area contributed by atoms with Crippen molar-refractivity contribution < 1.29 is 31.1 Å². The number of anilines is 1. The Morgan fingerprint density at radius 3 is 2.52 bits per heavy atom. The van der Waals surface area contributed by atoms with E-state index in [4.69, 9.17) is 5.73 Å². The highest BCUT2D eigenvalue weighted by Crippen LogP contribution is 2.34. The van der Waals surface area contributed by atoms with Gasteiger partial charge in [-0.1, -0.05) is 0 Å². The van der Waals surface area contributed by atoms with E-state index in [0.717, 1.165) is 17.0 Å². The average Bonchev–Trinajstić information content (AvgIpc) is 2.66. The lowest BCUT2D eigenvalue weighted by Gasteiger charge is -2.35. The van der Waals surface area contributed by atoms with E-state index in [1.807, 2.05) is 0 Å². The van der Waals surface area contributed by atoms with Gasteiger partial charge in [0.2, 0.25) is 5.78 Å². The first-order valence-electron chi connectivity index (χ1n) is 8.33.